The Morgan fingerprint density at radius 2 is 2.43 bits per heavy atom. The van der Waals surface area contributed by atoms with Crippen molar-refractivity contribution in [1.29, 1.82) is 0 Å². The lowest BCUT2D eigenvalue weighted by atomic mass is 10.2. The van der Waals surface area contributed by atoms with Gasteiger partial charge in [-0.3, -0.25) is 4.79 Å². The van der Waals surface area contributed by atoms with Crippen LogP contribution in [0.3, 0.4) is 0 Å². The topological polar surface area (TPSA) is 50.4 Å². The fraction of sp³-hybridized carbons (Fsp3) is 0.900. The molecule has 2 N–H and O–H groups in total. The van der Waals surface area contributed by atoms with Gasteiger partial charge in [0.2, 0.25) is 5.91 Å². The Kier molecular flexibility index (Phi) is 5.56. The molecule has 1 unspecified atom stereocenters. The van der Waals surface area contributed by atoms with Crippen molar-refractivity contribution in [2.75, 3.05) is 26.2 Å². The van der Waals surface area contributed by atoms with Crippen molar-refractivity contribution < 1.29 is 9.53 Å². The van der Waals surface area contributed by atoms with E-state index in [0.29, 0.717) is 6.61 Å². The quantitative estimate of drug-likeness (QED) is 0.627. The van der Waals surface area contributed by atoms with E-state index in [1.807, 2.05) is 0 Å². The Labute approximate surface area is 85.4 Å². The molecule has 1 rings (SSSR count). The van der Waals surface area contributed by atoms with Gasteiger partial charge in [-0.1, -0.05) is 6.92 Å². The largest absolute Gasteiger partial charge is 0.367 e. The summed E-state index contributed by atoms with van der Waals surface area (Å²) in [4.78, 5) is 11.4. The first-order valence-corrected chi connectivity index (χ1v) is 5.44. The number of hydrogen-bond acceptors (Lipinski definition) is 3. The van der Waals surface area contributed by atoms with Crippen molar-refractivity contribution in [3.63, 3.8) is 0 Å². The first-order chi connectivity index (χ1) is 6.84. The van der Waals surface area contributed by atoms with Gasteiger partial charge in [0.15, 0.2) is 0 Å². The third-order valence-electron chi connectivity index (χ3n) is 2.33. The fourth-order valence-electron chi connectivity index (χ4n) is 1.52. The molecular formula is C10H20N2O2. The number of rotatable bonds is 5. The molecular weight excluding hydrogens is 180 g/mol. The molecule has 1 amide bonds. The molecule has 1 fully saturated rings. The van der Waals surface area contributed by atoms with Crippen molar-refractivity contribution in [2.24, 2.45) is 0 Å². The molecule has 4 nitrogen and oxygen atoms in total. The summed E-state index contributed by atoms with van der Waals surface area (Å²) in [6.45, 7) is 5.23. The van der Waals surface area contributed by atoms with E-state index in [2.05, 4.69) is 17.6 Å². The van der Waals surface area contributed by atoms with Gasteiger partial charge < -0.3 is 15.4 Å². The molecule has 0 radical (unpaired) electrons. The average Bonchev–Trinajstić information content (AvgIpc) is 2.39. The lowest BCUT2D eigenvalue weighted by molar-refractivity contribution is -0.132. The molecule has 0 aromatic heterocycles. The Balaban J connectivity index is 2.16. The summed E-state index contributed by atoms with van der Waals surface area (Å²) in [5, 5.41) is 6.01. The standard InChI is InChI=1S/C10H20N2O2/c1-2-11-7-8-14-9-5-3-4-6-12-10(9)13/h9,11H,2-8H2,1H3,(H,12,13). The van der Waals surface area contributed by atoms with Crippen LogP contribution >= 0.6 is 0 Å². The Bertz CT molecular complexity index is 174. The zero-order chi connectivity index (χ0) is 10.2. The van der Waals surface area contributed by atoms with Crippen LogP contribution < -0.4 is 10.6 Å². The molecule has 1 heterocycles. The van der Waals surface area contributed by atoms with Crippen LogP contribution in [-0.4, -0.2) is 38.3 Å². The number of nitrogens with one attached hydrogen (secondary N) is 2. The van der Waals surface area contributed by atoms with Crippen molar-refractivity contribution >= 4 is 5.91 Å². The molecule has 14 heavy (non-hydrogen) atoms. The molecule has 82 valence electrons. The molecule has 0 spiro atoms. The van der Waals surface area contributed by atoms with Crippen molar-refractivity contribution in [1.82, 2.24) is 10.6 Å². The van der Waals surface area contributed by atoms with E-state index in [9.17, 15) is 4.79 Å². The highest BCUT2D eigenvalue weighted by Crippen LogP contribution is 2.08. The number of likely N-dealkylation sites (N-methyl/N-ethyl adjacent to an activating group) is 1. The molecule has 0 aromatic rings. The van der Waals surface area contributed by atoms with Crippen LogP contribution in [0.5, 0.6) is 0 Å². The molecule has 0 saturated carbocycles. The van der Waals surface area contributed by atoms with Crippen LogP contribution in [0.2, 0.25) is 0 Å². The summed E-state index contributed by atoms with van der Waals surface area (Å²) in [7, 11) is 0. The highest BCUT2D eigenvalue weighted by molar-refractivity contribution is 5.80. The van der Waals surface area contributed by atoms with E-state index in [1.165, 1.54) is 0 Å². The number of hydrogen-bond donors (Lipinski definition) is 2. The molecule has 0 aliphatic carbocycles. The van der Waals surface area contributed by atoms with Gasteiger partial charge in [-0.15, -0.1) is 0 Å². The van der Waals surface area contributed by atoms with E-state index in [-0.39, 0.29) is 12.0 Å². The molecule has 1 aliphatic heterocycles. The summed E-state index contributed by atoms with van der Waals surface area (Å²) in [6.07, 6.45) is 2.78. The van der Waals surface area contributed by atoms with Gasteiger partial charge in [-0.2, -0.15) is 0 Å². The maximum absolute atomic E-state index is 11.4. The summed E-state index contributed by atoms with van der Waals surface area (Å²) < 4.78 is 5.50. The minimum absolute atomic E-state index is 0.0546. The average molecular weight is 200 g/mol. The van der Waals surface area contributed by atoms with E-state index >= 15 is 0 Å². The van der Waals surface area contributed by atoms with E-state index < -0.39 is 0 Å². The lowest BCUT2D eigenvalue weighted by Crippen LogP contribution is -2.36. The highest BCUT2D eigenvalue weighted by atomic mass is 16.5. The number of carbonyl (C=O) groups is 1. The number of ether oxygens (including phenoxy) is 1. The smallest absolute Gasteiger partial charge is 0.249 e. The summed E-state index contributed by atoms with van der Waals surface area (Å²) in [6, 6.07) is 0. The fourth-order valence-corrected chi connectivity index (χ4v) is 1.52. The zero-order valence-corrected chi connectivity index (χ0v) is 8.84. The molecule has 1 atom stereocenters. The summed E-state index contributed by atoms with van der Waals surface area (Å²) in [5.74, 6) is 0.0546. The van der Waals surface area contributed by atoms with Gasteiger partial charge in [0, 0.05) is 13.1 Å². The van der Waals surface area contributed by atoms with Crippen LogP contribution in [0.4, 0.5) is 0 Å². The predicted octanol–water partition coefficient (Wildman–Crippen LogP) is 0.281. The van der Waals surface area contributed by atoms with Crippen LogP contribution in [0.15, 0.2) is 0 Å². The predicted molar refractivity (Wildman–Crippen MR) is 55.1 cm³/mol. The van der Waals surface area contributed by atoms with Crippen molar-refractivity contribution in [3.05, 3.63) is 0 Å². The minimum atomic E-state index is -0.226. The van der Waals surface area contributed by atoms with Gasteiger partial charge in [0.05, 0.1) is 6.61 Å². The van der Waals surface area contributed by atoms with E-state index in [1.54, 1.807) is 0 Å². The van der Waals surface area contributed by atoms with Gasteiger partial charge >= 0.3 is 0 Å². The van der Waals surface area contributed by atoms with Gasteiger partial charge in [0.25, 0.3) is 0 Å². The second-order valence-electron chi connectivity index (χ2n) is 3.50. The highest BCUT2D eigenvalue weighted by Gasteiger charge is 2.20. The molecule has 0 aromatic carbocycles. The monoisotopic (exact) mass is 200 g/mol. The second-order valence-corrected chi connectivity index (χ2v) is 3.50. The zero-order valence-electron chi connectivity index (χ0n) is 8.84. The van der Waals surface area contributed by atoms with E-state index in [0.717, 1.165) is 38.9 Å². The molecule has 4 heteroatoms. The maximum atomic E-state index is 11.4. The molecule has 1 saturated heterocycles. The van der Waals surface area contributed by atoms with Crippen LogP contribution in [0.25, 0.3) is 0 Å². The summed E-state index contributed by atoms with van der Waals surface area (Å²) in [5.41, 5.74) is 0. The third-order valence-corrected chi connectivity index (χ3v) is 2.33. The maximum Gasteiger partial charge on any atom is 0.249 e. The third kappa shape index (κ3) is 4.07. The van der Waals surface area contributed by atoms with Crippen LogP contribution in [0.1, 0.15) is 26.2 Å². The lowest BCUT2D eigenvalue weighted by Gasteiger charge is -2.14. The second kappa shape index (κ2) is 6.79. The van der Waals surface area contributed by atoms with Crippen LogP contribution in [-0.2, 0) is 9.53 Å². The normalized spacial score (nSPS) is 22.9. The van der Waals surface area contributed by atoms with Crippen molar-refractivity contribution in [3.8, 4) is 0 Å². The SMILES string of the molecule is CCNCCOC1CCCCNC1=O. The Morgan fingerprint density at radius 1 is 1.57 bits per heavy atom. The van der Waals surface area contributed by atoms with Crippen molar-refractivity contribution in [2.45, 2.75) is 32.3 Å². The van der Waals surface area contributed by atoms with Gasteiger partial charge in [0.1, 0.15) is 6.10 Å². The van der Waals surface area contributed by atoms with E-state index in [4.69, 9.17) is 4.74 Å². The van der Waals surface area contributed by atoms with Gasteiger partial charge in [-0.05, 0) is 25.8 Å². The minimum Gasteiger partial charge on any atom is -0.367 e. The van der Waals surface area contributed by atoms with Crippen LogP contribution in [0, 0.1) is 0 Å². The first-order valence-electron chi connectivity index (χ1n) is 5.44. The number of amides is 1. The van der Waals surface area contributed by atoms with Gasteiger partial charge in [-0.25, -0.2) is 0 Å². The Morgan fingerprint density at radius 3 is 3.21 bits per heavy atom. The first kappa shape index (κ1) is 11.5. The molecule has 1 aliphatic rings. The Hall–Kier alpha value is -0.610. The molecule has 0 bridgehead atoms. The summed E-state index contributed by atoms with van der Waals surface area (Å²) >= 11 is 0. The number of carbonyl (C=O) groups excluding carboxylic acids is 1.